The Bertz CT molecular complexity index is 975. The zero-order chi connectivity index (χ0) is 17.7. The van der Waals surface area contributed by atoms with Crippen LogP contribution in [-0.2, 0) is 10.0 Å². The van der Waals surface area contributed by atoms with Crippen molar-refractivity contribution in [2.45, 2.75) is 4.90 Å². The van der Waals surface area contributed by atoms with E-state index in [2.05, 4.69) is 15.0 Å². The fraction of sp³-hybridized carbons (Fsp3) is 0. The van der Waals surface area contributed by atoms with Crippen LogP contribution < -0.4 is 10.0 Å². The maximum atomic E-state index is 12.3. The van der Waals surface area contributed by atoms with Crippen molar-refractivity contribution in [3.8, 4) is 0 Å². The number of benzene rings is 2. The average molecular weight is 353 g/mol. The molecular weight excluding hydrogens is 338 g/mol. The number of carbonyl (C=O) groups excluding carboxylic acids is 1. The number of amides is 1. The second kappa shape index (κ2) is 7.14. The molecule has 1 amide bonds. The molecule has 0 atom stereocenters. The van der Waals surface area contributed by atoms with Gasteiger partial charge in [0.2, 0.25) is 0 Å². The molecule has 0 unspecified atom stereocenters. The van der Waals surface area contributed by atoms with Crippen LogP contribution in [0.4, 0.5) is 11.4 Å². The smallest absolute Gasteiger partial charge is 0.261 e. The van der Waals surface area contributed by atoms with Crippen molar-refractivity contribution in [2.75, 3.05) is 10.0 Å². The van der Waals surface area contributed by atoms with Gasteiger partial charge < -0.3 is 5.32 Å². The molecule has 6 nitrogen and oxygen atoms in total. The largest absolute Gasteiger partial charge is 0.322 e. The lowest BCUT2D eigenvalue weighted by Gasteiger charge is -2.09. The topological polar surface area (TPSA) is 88.2 Å². The molecule has 1 aromatic heterocycles. The van der Waals surface area contributed by atoms with E-state index in [0.717, 1.165) is 0 Å². The lowest BCUT2D eigenvalue weighted by Crippen LogP contribution is -2.15. The van der Waals surface area contributed by atoms with Crippen molar-refractivity contribution >= 4 is 27.3 Å². The molecule has 2 N–H and O–H groups in total. The highest BCUT2D eigenvalue weighted by Gasteiger charge is 2.15. The van der Waals surface area contributed by atoms with Crippen LogP contribution in [0.1, 0.15) is 10.4 Å². The Morgan fingerprint density at radius 1 is 0.840 bits per heavy atom. The lowest BCUT2D eigenvalue weighted by molar-refractivity contribution is 0.102. The Morgan fingerprint density at radius 3 is 2.16 bits per heavy atom. The molecule has 0 aliphatic heterocycles. The minimum Gasteiger partial charge on any atom is -0.322 e. The van der Waals surface area contributed by atoms with Gasteiger partial charge in [0.1, 0.15) is 0 Å². The standard InChI is InChI=1S/C18H15N3O3S/c22-18(20-15-7-3-1-4-8-15)14-11-16(13-19-12-14)21-25(23,24)17-9-5-2-6-10-17/h1-13,21H,(H,20,22). The molecule has 0 radical (unpaired) electrons. The van der Waals surface area contributed by atoms with E-state index < -0.39 is 10.0 Å². The summed E-state index contributed by atoms with van der Waals surface area (Å²) in [6.45, 7) is 0. The minimum absolute atomic E-state index is 0.133. The van der Waals surface area contributed by atoms with Crippen molar-refractivity contribution in [3.63, 3.8) is 0 Å². The van der Waals surface area contributed by atoms with Gasteiger partial charge in [0.25, 0.3) is 15.9 Å². The van der Waals surface area contributed by atoms with Gasteiger partial charge in [-0.25, -0.2) is 8.42 Å². The maximum Gasteiger partial charge on any atom is 0.261 e. The van der Waals surface area contributed by atoms with E-state index in [1.807, 2.05) is 6.07 Å². The molecule has 0 aliphatic carbocycles. The second-order valence-electron chi connectivity index (χ2n) is 5.20. The molecule has 7 heteroatoms. The first-order valence-corrected chi connectivity index (χ1v) is 8.92. The van der Waals surface area contributed by atoms with Crippen LogP contribution in [-0.4, -0.2) is 19.3 Å². The molecule has 3 rings (SSSR count). The van der Waals surface area contributed by atoms with Crippen LogP contribution in [0.15, 0.2) is 84.0 Å². The molecule has 3 aromatic rings. The molecular formula is C18H15N3O3S. The number of hydrogen-bond donors (Lipinski definition) is 2. The van der Waals surface area contributed by atoms with Crippen molar-refractivity contribution in [2.24, 2.45) is 0 Å². The molecule has 0 spiro atoms. The van der Waals surface area contributed by atoms with Gasteiger partial charge in [-0.2, -0.15) is 0 Å². The molecule has 1 heterocycles. The number of anilines is 2. The number of sulfonamides is 1. The molecule has 0 saturated carbocycles. The Kier molecular flexibility index (Phi) is 4.76. The lowest BCUT2D eigenvalue weighted by atomic mass is 10.2. The predicted molar refractivity (Wildman–Crippen MR) is 95.9 cm³/mol. The van der Waals surface area contributed by atoms with Gasteiger partial charge in [-0.3, -0.25) is 14.5 Å². The van der Waals surface area contributed by atoms with Gasteiger partial charge in [0.05, 0.1) is 22.3 Å². The van der Waals surface area contributed by atoms with Crippen LogP contribution in [0, 0.1) is 0 Å². The summed E-state index contributed by atoms with van der Waals surface area (Å²) in [5, 5.41) is 2.72. The number of nitrogens with zero attached hydrogens (tertiary/aromatic N) is 1. The van der Waals surface area contributed by atoms with Gasteiger partial charge in [-0.05, 0) is 30.3 Å². The molecule has 2 aromatic carbocycles. The van der Waals surface area contributed by atoms with Crippen molar-refractivity contribution < 1.29 is 13.2 Å². The summed E-state index contributed by atoms with van der Waals surface area (Å²) in [7, 11) is -3.74. The molecule has 0 aliphatic rings. The van der Waals surface area contributed by atoms with E-state index in [-0.39, 0.29) is 22.1 Å². The van der Waals surface area contributed by atoms with Gasteiger partial charge in [-0.1, -0.05) is 36.4 Å². The second-order valence-corrected chi connectivity index (χ2v) is 6.88. The Morgan fingerprint density at radius 2 is 1.48 bits per heavy atom. The van der Waals surface area contributed by atoms with Crippen molar-refractivity contribution in [3.05, 3.63) is 84.7 Å². The van der Waals surface area contributed by atoms with Gasteiger partial charge in [0.15, 0.2) is 0 Å². The quantitative estimate of drug-likeness (QED) is 0.737. The number of hydrogen-bond acceptors (Lipinski definition) is 4. The fourth-order valence-electron chi connectivity index (χ4n) is 2.16. The van der Waals surface area contributed by atoms with E-state index >= 15 is 0 Å². The average Bonchev–Trinajstić information content (AvgIpc) is 2.63. The summed E-state index contributed by atoms with van der Waals surface area (Å²) in [5.74, 6) is -0.376. The maximum absolute atomic E-state index is 12.3. The van der Waals surface area contributed by atoms with Crippen molar-refractivity contribution in [1.82, 2.24) is 4.98 Å². The van der Waals surface area contributed by atoms with Crippen LogP contribution in [0.25, 0.3) is 0 Å². The van der Waals surface area contributed by atoms with E-state index in [0.29, 0.717) is 5.69 Å². The predicted octanol–water partition coefficient (Wildman–Crippen LogP) is 3.13. The summed E-state index contributed by atoms with van der Waals surface area (Å²) < 4.78 is 27.1. The molecule has 0 saturated heterocycles. The molecule has 126 valence electrons. The van der Waals surface area contributed by atoms with Gasteiger partial charge >= 0.3 is 0 Å². The third-order valence-corrected chi connectivity index (χ3v) is 4.74. The molecule has 0 bridgehead atoms. The highest BCUT2D eigenvalue weighted by molar-refractivity contribution is 7.92. The number of nitrogens with one attached hydrogen (secondary N) is 2. The van der Waals surface area contributed by atoms with E-state index in [9.17, 15) is 13.2 Å². The van der Waals surface area contributed by atoms with E-state index in [4.69, 9.17) is 0 Å². The summed E-state index contributed by atoms with van der Waals surface area (Å²) in [6.07, 6.45) is 2.72. The van der Waals surface area contributed by atoms with Crippen LogP contribution in [0.5, 0.6) is 0 Å². The van der Waals surface area contributed by atoms with Crippen LogP contribution in [0.3, 0.4) is 0 Å². The van der Waals surface area contributed by atoms with Gasteiger partial charge in [-0.15, -0.1) is 0 Å². The summed E-state index contributed by atoms with van der Waals surface area (Å²) in [4.78, 5) is 16.3. The number of rotatable bonds is 5. The van der Waals surface area contributed by atoms with E-state index in [1.54, 1.807) is 42.5 Å². The van der Waals surface area contributed by atoms with Gasteiger partial charge in [0, 0.05) is 11.9 Å². The normalized spacial score (nSPS) is 10.9. The SMILES string of the molecule is O=C(Nc1ccccc1)c1cncc(NS(=O)(=O)c2ccccc2)c1. The number of pyridine rings is 1. The zero-order valence-corrected chi connectivity index (χ0v) is 13.9. The Labute approximate surface area is 145 Å². The first kappa shape index (κ1) is 16.7. The third-order valence-electron chi connectivity index (χ3n) is 3.34. The highest BCUT2D eigenvalue weighted by Crippen LogP contribution is 2.17. The van der Waals surface area contributed by atoms with Crippen LogP contribution in [0.2, 0.25) is 0 Å². The Hall–Kier alpha value is -3.19. The third kappa shape index (κ3) is 4.21. The zero-order valence-electron chi connectivity index (χ0n) is 13.1. The summed E-state index contributed by atoms with van der Waals surface area (Å²) >= 11 is 0. The minimum atomic E-state index is -3.74. The first-order valence-electron chi connectivity index (χ1n) is 7.44. The molecule has 0 fully saturated rings. The number of carbonyl (C=O) groups is 1. The van der Waals surface area contributed by atoms with Crippen LogP contribution >= 0.6 is 0 Å². The van der Waals surface area contributed by atoms with E-state index in [1.165, 1.54) is 30.6 Å². The summed E-state index contributed by atoms with van der Waals surface area (Å²) in [6, 6.07) is 18.4. The first-order chi connectivity index (χ1) is 12.0. The number of para-hydroxylation sites is 1. The molecule has 25 heavy (non-hydrogen) atoms. The Balaban J connectivity index is 1.79. The van der Waals surface area contributed by atoms with Crippen molar-refractivity contribution in [1.29, 1.82) is 0 Å². The monoisotopic (exact) mass is 353 g/mol. The summed E-state index contributed by atoms with van der Waals surface area (Å²) in [5.41, 5.74) is 1.10. The fourth-order valence-corrected chi connectivity index (χ4v) is 3.21. The number of aromatic nitrogens is 1. The highest BCUT2D eigenvalue weighted by atomic mass is 32.2.